The van der Waals surface area contributed by atoms with Gasteiger partial charge >= 0.3 is 0 Å². The topological polar surface area (TPSA) is 71.5 Å². The minimum atomic E-state index is -3.68. The third kappa shape index (κ3) is 5.35. The predicted octanol–water partition coefficient (Wildman–Crippen LogP) is 4.05. The maximum absolute atomic E-state index is 12.6. The largest absolute Gasteiger partial charge is 0.491 e. The van der Waals surface area contributed by atoms with Gasteiger partial charge in [0.1, 0.15) is 11.6 Å². The van der Waals surface area contributed by atoms with Gasteiger partial charge < -0.3 is 9.64 Å². The summed E-state index contributed by atoms with van der Waals surface area (Å²) in [5, 5.41) is 0. The molecule has 1 N–H and O–H groups in total. The lowest BCUT2D eigenvalue weighted by Gasteiger charge is -2.22. The number of sulfonamides is 1. The number of hydrogen-bond acceptors (Lipinski definition) is 5. The lowest BCUT2D eigenvalue weighted by molar-refractivity contribution is 0.242. The van der Waals surface area contributed by atoms with Crippen LogP contribution in [0.1, 0.15) is 39.5 Å². The predicted molar refractivity (Wildman–Crippen MR) is 108 cm³/mol. The molecule has 0 bridgehead atoms. The molecule has 146 valence electrons. The van der Waals surface area contributed by atoms with Crippen molar-refractivity contribution in [1.82, 2.24) is 4.98 Å². The molecular weight excluding hydrogens is 362 g/mol. The number of nitrogens with one attached hydrogen (secondary N) is 1. The highest BCUT2D eigenvalue weighted by Gasteiger charge is 2.16. The summed E-state index contributed by atoms with van der Waals surface area (Å²) in [6.07, 6.45) is 6.68. The summed E-state index contributed by atoms with van der Waals surface area (Å²) in [5.74, 6) is 0.958. The SMILES string of the molecule is CC(C)Oc1ccc(S(=O)(=O)Nc2ccc(N3CCCCCC3)cn2)cc1. The minimum absolute atomic E-state index is 0.0393. The second kappa shape index (κ2) is 8.61. The van der Waals surface area contributed by atoms with E-state index in [1.54, 1.807) is 24.4 Å². The van der Waals surface area contributed by atoms with E-state index >= 15 is 0 Å². The normalized spacial score (nSPS) is 15.4. The van der Waals surface area contributed by atoms with E-state index in [1.165, 1.54) is 37.8 Å². The van der Waals surface area contributed by atoms with Gasteiger partial charge in [-0.05, 0) is 63.1 Å². The molecule has 3 rings (SSSR count). The monoisotopic (exact) mass is 389 g/mol. The second-order valence-corrected chi connectivity index (χ2v) is 8.73. The molecule has 1 aromatic heterocycles. The molecule has 6 nitrogen and oxygen atoms in total. The third-order valence-corrected chi connectivity index (χ3v) is 5.83. The molecule has 0 spiro atoms. The summed E-state index contributed by atoms with van der Waals surface area (Å²) in [6.45, 7) is 5.90. The number of ether oxygens (including phenoxy) is 1. The van der Waals surface area contributed by atoms with Crippen molar-refractivity contribution in [2.45, 2.75) is 50.5 Å². The number of rotatable bonds is 6. The fourth-order valence-corrected chi connectivity index (χ4v) is 4.14. The number of pyridine rings is 1. The smallest absolute Gasteiger partial charge is 0.263 e. The second-order valence-electron chi connectivity index (χ2n) is 7.05. The van der Waals surface area contributed by atoms with Crippen LogP contribution in [-0.4, -0.2) is 32.6 Å². The van der Waals surface area contributed by atoms with Crippen molar-refractivity contribution in [2.24, 2.45) is 0 Å². The van der Waals surface area contributed by atoms with Crippen LogP contribution in [0.4, 0.5) is 11.5 Å². The molecule has 0 radical (unpaired) electrons. The molecule has 0 aliphatic carbocycles. The van der Waals surface area contributed by atoms with Crippen LogP contribution < -0.4 is 14.4 Å². The summed E-state index contributed by atoms with van der Waals surface area (Å²) in [6, 6.07) is 10.0. The lowest BCUT2D eigenvalue weighted by atomic mass is 10.2. The van der Waals surface area contributed by atoms with Crippen LogP contribution in [0.25, 0.3) is 0 Å². The number of anilines is 2. The average Bonchev–Trinajstić information content (AvgIpc) is 2.91. The molecule has 1 fully saturated rings. The minimum Gasteiger partial charge on any atom is -0.491 e. The summed E-state index contributed by atoms with van der Waals surface area (Å²) in [5.41, 5.74) is 1.04. The Morgan fingerprint density at radius 1 is 1.00 bits per heavy atom. The van der Waals surface area contributed by atoms with Crippen molar-refractivity contribution in [3.8, 4) is 5.75 Å². The van der Waals surface area contributed by atoms with Crippen LogP contribution >= 0.6 is 0 Å². The molecule has 1 aliphatic rings. The van der Waals surface area contributed by atoms with Gasteiger partial charge in [-0.15, -0.1) is 0 Å². The molecule has 2 heterocycles. The maximum atomic E-state index is 12.6. The van der Waals surface area contributed by atoms with Gasteiger partial charge in [-0.25, -0.2) is 13.4 Å². The van der Waals surface area contributed by atoms with Gasteiger partial charge in [0.25, 0.3) is 10.0 Å². The van der Waals surface area contributed by atoms with Gasteiger partial charge in [-0.1, -0.05) is 12.8 Å². The summed E-state index contributed by atoms with van der Waals surface area (Å²) in [7, 11) is -3.68. The molecule has 27 heavy (non-hydrogen) atoms. The summed E-state index contributed by atoms with van der Waals surface area (Å²) in [4.78, 5) is 6.78. The van der Waals surface area contributed by atoms with E-state index in [2.05, 4.69) is 14.6 Å². The zero-order chi connectivity index (χ0) is 19.3. The third-order valence-electron chi connectivity index (χ3n) is 4.46. The summed E-state index contributed by atoms with van der Waals surface area (Å²) >= 11 is 0. The van der Waals surface area contributed by atoms with E-state index < -0.39 is 10.0 Å². The Labute approximate surface area is 161 Å². The van der Waals surface area contributed by atoms with Crippen LogP contribution in [0.2, 0.25) is 0 Å². The number of benzene rings is 1. The Morgan fingerprint density at radius 2 is 1.67 bits per heavy atom. The first-order valence-corrected chi connectivity index (χ1v) is 10.9. The first-order valence-electron chi connectivity index (χ1n) is 9.44. The zero-order valence-electron chi connectivity index (χ0n) is 15.9. The zero-order valence-corrected chi connectivity index (χ0v) is 16.7. The van der Waals surface area contributed by atoms with Crippen molar-refractivity contribution in [2.75, 3.05) is 22.7 Å². The van der Waals surface area contributed by atoms with Crippen LogP contribution in [-0.2, 0) is 10.0 Å². The van der Waals surface area contributed by atoms with E-state index in [0.717, 1.165) is 18.8 Å². The molecule has 2 aromatic rings. The highest BCUT2D eigenvalue weighted by Crippen LogP contribution is 2.22. The van der Waals surface area contributed by atoms with Gasteiger partial charge in [-0.2, -0.15) is 0 Å². The highest BCUT2D eigenvalue weighted by atomic mass is 32.2. The van der Waals surface area contributed by atoms with Gasteiger partial charge in [0, 0.05) is 13.1 Å². The number of hydrogen-bond donors (Lipinski definition) is 1. The highest BCUT2D eigenvalue weighted by molar-refractivity contribution is 7.92. The summed E-state index contributed by atoms with van der Waals surface area (Å²) < 4.78 is 33.2. The quantitative estimate of drug-likeness (QED) is 0.807. The van der Waals surface area contributed by atoms with Crippen LogP contribution in [0.5, 0.6) is 5.75 Å². The van der Waals surface area contributed by atoms with Crippen molar-refractivity contribution in [1.29, 1.82) is 0 Å². The fourth-order valence-electron chi connectivity index (χ4n) is 3.13. The molecule has 0 unspecified atom stereocenters. The van der Waals surface area contributed by atoms with Gasteiger partial charge in [0.05, 0.1) is 22.9 Å². The fraction of sp³-hybridized carbons (Fsp3) is 0.450. The molecule has 0 atom stereocenters. The molecule has 7 heteroatoms. The molecular formula is C20H27N3O3S. The Bertz CT molecular complexity index is 826. The average molecular weight is 390 g/mol. The van der Waals surface area contributed by atoms with Gasteiger partial charge in [-0.3, -0.25) is 4.72 Å². The molecule has 0 amide bonds. The van der Waals surface area contributed by atoms with Crippen molar-refractivity contribution < 1.29 is 13.2 Å². The van der Waals surface area contributed by atoms with E-state index in [1.807, 2.05) is 19.9 Å². The lowest BCUT2D eigenvalue weighted by Crippen LogP contribution is -2.24. The number of aromatic nitrogens is 1. The van der Waals surface area contributed by atoms with Crippen LogP contribution in [0, 0.1) is 0 Å². The van der Waals surface area contributed by atoms with E-state index in [0.29, 0.717) is 11.6 Å². The Morgan fingerprint density at radius 3 is 2.22 bits per heavy atom. The molecule has 1 aliphatic heterocycles. The molecule has 1 saturated heterocycles. The van der Waals surface area contributed by atoms with E-state index in [-0.39, 0.29) is 11.0 Å². The van der Waals surface area contributed by atoms with E-state index in [9.17, 15) is 8.42 Å². The molecule has 0 saturated carbocycles. The van der Waals surface area contributed by atoms with E-state index in [4.69, 9.17) is 4.74 Å². The van der Waals surface area contributed by atoms with Crippen molar-refractivity contribution in [3.63, 3.8) is 0 Å². The Hall–Kier alpha value is -2.28. The Kier molecular flexibility index (Phi) is 6.21. The number of nitrogens with zero attached hydrogens (tertiary/aromatic N) is 2. The van der Waals surface area contributed by atoms with Crippen LogP contribution in [0.3, 0.4) is 0 Å². The van der Waals surface area contributed by atoms with Crippen molar-refractivity contribution in [3.05, 3.63) is 42.6 Å². The molecule has 1 aromatic carbocycles. The van der Waals surface area contributed by atoms with Gasteiger partial charge in [0.2, 0.25) is 0 Å². The maximum Gasteiger partial charge on any atom is 0.263 e. The van der Waals surface area contributed by atoms with Crippen LogP contribution in [0.15, 0.2) is 47.5 Å². The van der Waals surface area contributed by atoms with Crippen molar-refractivity contribution >= 4 is 21.5 Å². The first-order chi connectivity index (χ1) is 12.9. The Balaban J connectivity index is 1.68. The van der Waals surface area contributed by atoms with Gasteiger partial charge in [0.15, 0.2) is 0 Å². The first kappa shape index (κ1) is 19.5. The standard InChI is InChI=1S/C20H27N3O3S/c1-16(2)26-18-8-10-19(11-9-18)27(24,25)22-20-12-7-17(15-21-20)23-13-5-3-4-6-14-23/h7-12,15-16H,3-6,13-14H2,1-2H3,(H,21,22).